The minimum Gasteiger partial charge on any atom is -0.477 e. The molecule has 6 heteroatoms. The Morgan fingerprint density at radius 1 is 1.30 bits per heavy atom. The van der Waals surface area contributed by atoms with Crippen molar-refractivity contribution in [3.63, 3.8) is 0 Å². The summed E-state index contributed by atoms with van der Waals surface area (Å²) in [5.41, 5.74) is 1.61. The van der Waals surface area contributed by atoms with Crippen LogP contribution in [0.5, 0.6) is 0 Å². The van der Waals surface area contributed by atoms with Crippen LogP contribution in [0.15, 0.2) is 41.1 Å². The number of hydrogen-bond acceptors (Lipinski definition) is 5. The minimum atomic E-state index is -0.885. The molecule has 0 spiro atoms. The van der Waals surface area contributed by atoms with Crippen molar-refractivity contribution in [2.24, 2.45) is 0 Å². The van der Waals surface area contributed by atoms with Crippen LogP contribution in [-0.2, 0) is 13.1 Å². The monoisotopic (exact) mass is 288 g/mol. The molecule has 2 N–H and O–H groups in total. The fourth-order valence-electron chi connectivity index (χ4n) is 2.09. The summed E-state index contributed by atoms with van der Waals surface area (Å²) in [6, 6.07) is 9.49. The second-order valence-electron chi connectivity index (χ2n) is 4.31. The normalized spacial score (nSPS) is 11.0. The van der Waals surface area contributed by atoms with E-state index < -0.39 is 5.97 Å². The number of benzene rings is 1. The van der Waals surface area contributed by atoms with E-state index in [0.717, 1.165) is 21.3 Å². The van der Waals surface area contributed by atoms with Gasteiger partial charge in [-0.25, -0.2) is 4.79 Å². The lowest BCUT2D eigenvalue weighted by Crippen LogP contribution is -2.14. The number of aromatic carboxylic acids is 1. The van der Waals surface area contributed by atoms with Crippen LogP contribution >= 0.6 is 11.3 Å². The maximum Gasteiger partial charge on any atom is 0.346 e. The molecule has 0 aliphatic rings. The smallest absolute Gasteiger partial charge is 0.346 e. The number of fused-ring (bicyclic) bond motifs is 1. The van der Waals surface area contributed by atoms with Crippen molar-refractivity contribution in [2.45, 2.75) is 13.1 Å². The van der Waals surface area contributed by atoms with Crippen LogP contribution in [0.3, 0.4) is 0 Å². The van der Waals surface area contributed by atoms with E-state index in [1.165, 1.54) is 17.6 Å². The lowest BCUT2D eigenvalue weighted by Gasteiger charge is -2.03. The Bertz CT molecular complexity index is 734. The van der Waals surface area contributed by atoms with Crippen molar-refractivity contribution in [1.29, 1.82) is 0 Å². The van der Waals surface area contributed by atoms with Crippen LogP contribution < -0.4 is 5.32 Å². The van der Waals surface area contributed by atoms with Gasteiger partial charge in [-0.15, -0.1) is 11.3 Å². The van der Waals surface area contributed by atoms with E-state index in [1.54, 1.807) is 6.07 Å². The van der Waals surface area contributed by atoms with Crippen LogP contribution in [0.4, 0.5) is 0 Å². The number of thiophene rings is 1. The van der Waals surface area contributed by atoms with E-state index in [9.17, 15) is 9.90 Å². The zero-order valence-corrected chi connectivity index (χ0v) is 11.3. The van der Waals surface area contributed by atoms with Crippen LogP contribution in [0.25, 0.3) is 10.1 Å². The van der Waals surface area contributed by atoms with Crippen LogP contribution in [0.1, 0.15) is 20.9 Å². The summed E-state index contributed by atoms with van der Waals surface area (Å²) in [6.45, 7) is 1.03. The molecule has 0 fully saturated rings. The highest BCUT2D eigenvalue weighted by Crippen LogP contribution is 2.31. The summed E-state index contributed by atoms with van der Waals surface area (Å²) in [5.74, 6) is -0.885. The SMILES string of the molecule is O=C(O)c1sc2ccccc2c1CNCc1ccon1. The van der Waals surface area contributed by atoms with Gasteiger partial charge in [-0.1, -0.05) is 23.4 Å². The molecular formula is C14H12N2O3S. The van der Waals surface area contributed by atoms with Crippen molar-refractivity contribution in [2.75, 3.05) is 0 Å². The van der Waals surface area contributed by atoms with E-state index in [1.807, 2.05) is 24.3 Å². The lowest BCUT2D eigenvalue weighted by molar-refractivity contribution is 0.0701. The first-order valence-corrected chi connectivity index (χ1v) is 6.91. The Balaban J connectivity index is 1.85. The topological polar surface area (TPSA) is 75.4 Å². The lowest BCUT2D eigenvalue weighted by atomic mass is 10.1. The third kappa shape index (κ3) is 2.43. The summed E-state index contributed by atoms with van der Waals surface area (Å²) in [7, 11) is 0. The molecule has 1 aromatic carbocycles. The molecule has 2 aromatic heterocycles. The summed E-state index contributed by atoms with van der Waals surface area (Å²) < 4.78 is 5.74. The van der Waals surface area contributed by atoms with Crippen LogP contribution in [0, 0.1) is 0 Å². The summed E-state index contributed by atoms with van der Waals surface area (Å²) in [5, 5.41) is 17.3. The molecule has 0 aliphatic heterocycles. The fourth-order valence-corrected chi connectivity index (χ4v) is 3.15. The first-order valence-electron chi connectivity index (χ1n) is 6.09. The highest BCUT2D eigenvalue weighted by atomic mass is 32.1. The molecule has 3 rings (SSSR count). The van der Waals surface area contributed by atoms with Gasteiger partial charge < -0.3 is 14.9 Å². The Labute approximate surface area is 118 Å². The highest BCUT2D eigenvalue weighted by Gasteiger charge is 2.16. The first-order chi connectivity index (χ1) is 9.75. The van der Waals surface area contributed by atoms with Gasteiger partial charge in [0.15, 0.2) is 0 Å². The molecule has 0 atom stereocenters. The standard InChI is InChI=1S/C14H12N2O3S/c17-14(18)13-11(8-15-7-9-5-6-19-16-9)10-3-1-2-4-12(10)20-13/h1-6,15H,7-8H2,(H,17,18). The van der Waals surface area contributed by atoms with Crippen LogP contribution in [0.2, 0.25) is 0 Å². The molecule has 2 heterocycles. The Morgan fingerprint density at radius 3 is 2.90 bits per heavy atom. The van der Waals surface area contributed by atoms with Gasteiger partial charge >= 0.3 is 5.97 Å². The third-order valence-corrected chi connectivity index (χ3v) is 4.19. The van der Waals surface area contributed by atoms with Crippen molar-refractivity contribution in [3.8, 4) is 0 Å². The molecule has 102 valence electrons. The zero-order valence-electron chi connectivity index (χ0n) is 10.5. The van der Waals surface area contributed by atoms with Gasteiger partial charge in [0.2, 0.25) is 0 Å². The van der Waals surface area contributed by atoms with Crippen molar-refractivity contribution < 1.29 is 14.4 Å². The molecule has 0 bridgehead atoms. The predicted octanol–water partition coefficient (Wildman–Crippen LogP) is 2.88. The minimum absolute atomic E-state index is 0.388. The van der Waals surface area contributed by atoms with Gasteiger partial charge in [0.25, 0.3) is 0 Å². The maximum absolute atomic E-state index is 11.3. The third-order valence-electron chi connectivity index (χ3n) is 2.99. The van der Waals surface area contributed by atoms with Gasteiger partial charge in [0.05, 0.1) is 5.69 Å². The van der Waals surface area contributed by atoms with Gasteiger partial charge in [-0.3, -0.25) is 0 Å². The highest BCUT2D eigenvalue weighted by molar-refractivity contribution is 7.21. The second-order valence-corrected chi connectivity index (χ2v) is 5.36. The largest absolute Gasteiger partial charge is 0.477 e. The van der Waals surface area contributed by atoms with Crippen LogP contribution in [-0.4, -0.2) is 16.2 Å². The molecule has 3 aromatic rings. The molecule has 0 saturated heterocycles. The summed E-state index contributed by atoms with van der Waals surface area (Å²) >= 11 is 1.31. The number of nitrogens with one attached hydrogen (secondary N) is 1. The average molecular weight is 288 g/mol. The first kappa shape index (κ1) is 12.8. The molecule has 20 heavy (non-hydrogen) atoms. The molecule has 0 amide bonds. The molecule has 0 unspecified atom stereocenters. The average Bonchev–Trinajstić information content (AvgIpc) is 3.07. The Morgan fingerprint density at radius 2 is 2.15 bits per heavy atom. The molecule has 0 radical (unpaired) electrons. The maximum atomic E-state index is 11.3. The van der Waals surface area contributed by atoms with Crippen molar-refractivity contribution in [3.05, 3.63) is 52.7 Å². The number of nitrogens with zero attached hydrogens (tertiary/aromatic N) is 1. The van der Waals surface area contributed by atoms with Crippen molar-refractivity contribution in [1.82, 2.24) is 10.5 Å². The number of carboxylic acid groups (broad SMARTS) is 1. The number of aromatic nitrogens is 1. The van der Waals surface area contributed by atoms with E-state index in [2.05, 4.69) is 10.5 Å². The fraction of sp³-hybridized carbons (Fsp3) is 0.143. The van der Waals surface area contributed by atoms with Gasteiger partial charge in [0, 0.05) is 23.9 Å². The summed E-state index contributed by atoms with van der Waals surface area (Å²) in [6.07, 6.45) is 1.51. The number of rotatable bonds is 5. The zero-order chi connectivity index (χ0) is 13.9. The van der Waals surface area contributed by atoms with E-state index in [0.29, 0.717) is 18.0 Å². The van der Waals surface area contributed by atoms with Crippen molar-refractivity contribution >= 4 is 27.4 Å². The van der Waals surface area contributed by atoms with E-state index in [-0.39, 0.29) is 0 Å². The number of hydrogen-bond donors (Lipinski definition) is 2. The second kappa shape index (κ2) is 5.44. The quantitative estimate of drug-likeness (QED) is 0.755. The van der Waals surface area contributed by atoms with E-state index >= 15 is 0 Å². The Hall–Kier alpha value is -2.18. The number of carboxylic acids is 1. The predicted molar refractivity (Wildman–Crippen MR) is 75.8 cm³/mol. The number of carbonyl (C=O) groups is 1. The molecule has 0 saturated carbocycles. The molecule has 5 nitrogen and oxygen atoms in total. The summed E-state index contributed by atoms with van der Waals surface area (Å²) in [4.78, 5) is 11.7. The molecule has 0 aliphatic carbocycles. The Kier molecular flexibility index (Phi) is 3.49. The van der Waals surface area contributed by atoms with Gasteiger partial charge in [0.1, 0.15) is 11.1 Å². The van der Waals surface area contributed by atoms with Gasteiger partial charge in [-0.05, 0) is 17.0 Å². The van der Waals surface area contributed by atoms with Gasteiger partial charge in [-0.2, -0.15) is 0 Å². The molecular weight excluding hydrogens is 276 g/mol. The van der Waals surface area contributed by atoms with E-state index in [4.69, 9.17) is 4.52 Å².